The SMILES string of the molecule is CC(C)CNCC1(COc2ccc(S(C)(=O)=O)cc2)CC(O)C(O)C1. The zero-order chi connectivity index (χ0) is 18.7. The lowest BCUT2D eigenvalue weighted by Gasteiger charge is -2.29. The van der Waals surface area contributed by atoms with Crippen LogP contribution in [0.25, 0.3) is 0 Å². The van der Waals surface area contributed by atoms with Gasteiger partial charge in [0.05, 0.1) is 23.7 Å². The molecule has 3 N–H and O–H groups in total. The predicted octanol–water partition coefficient (Wildman–Crippen LogP) is 1.22. The highest BCUT2D eigenvalue weighted by Crippen LogP contribution is 2.38. The molecule has 0 radical (unpaired) electrons. The third-order valence-corrected chi connectivity index (χ3v) is 5.71. The van der Waals surface area contributed by atoms with Crippen LogP contribution in [0.3, 0.4) is 0 Å². The molecular weight excluding hydrogens is 342 g/mol. The Hall–Kier alpha value is -1.15. The summed E-state index contributed by atoms with van der Waals surface area (Å²) >= 11 is 0. The fourth-order valence-corrected chi connectivity index (χ4v) is 3.83. The van der Waals surface area contributed by atoms with Gasteiger partial charge in [-0.05, 0) is 49.6 Å². The number of hydrogen-bond donors (Lipinski definition) is 3. The summed E-state index contributed by atoms with van der Waals surface area (Å²) in [6.45, 7) is 6.11. The lowest BCUT2D eigenvalue weighted by Crippen LogP contribution is -2.39. The molecular formula is C18H29NO5S. The highest BCUT2D eigenvalue weighted by atomic mass is 32.2. The highest BCUT2D eigenvalue weighted by molar-refractivity contribution is 7.90. The Labute approximate surface area is 150 Å². The van der Waals surface area contributed by atoms with Crippen LogP contribution in [0.1, 0.15) is 26.7 Å². The molecule has 1 aliphatic carbocycles. The molecule has 2 atom stereocenters. The molecule has 1 aromatic rings. The second-order valence-corrected chi connectivity index (χ2v) is 9.62. The van der Waals surface area contributed by atoms with E-state index in [2.05, 4.69) is 19.2 Å². The zero-order valence-corrected chi connectivity index (χ0v) is 15.9. The smallest absolute Gasteiger partial charge is 0.175 e. The molecule has 142 valence electrons. The molecule has 6 nitrogen and oxygen atoms in total. The van der Waals surface area contributed by atoms with Crippen LogP contribution in [0.5, 0.6) is 5.75 Å². The van der Waals surface area contributed by atoms with E-state index in [4.69, 9.17) is 4.74 Å². The minimum Gasteiger partial charge on any atom is -0.493 e. The number of ether oxygens (including phenoxy) is 1. The first-order chi connectivity index (χ1) is 11.6. The van der Waals surface area contributed by atoms with Crippen molar-refractivity contribution in [3.05, 3.63) is 24.3 Å². The lowest BCUT2D eigenvalue weighted by atomic mass is 9.86. The Kier molecular flexibility index (Phi) is 6.48. The molecule has 1 fully saturated rings. The monoisotopic (exact) mass is 371 g/mol. The average Bonchev–Trinajstić information content (AvgIpc) is 2.79. The molecule has 0 heterocycles. The third-order valence-electron chi connectivity index (χ3n) is 4.58. The number of sulfone groups is 1. The molecule has 0 amide bonds. The van der Waals surface area contributed by atoms with Crippen LogP contribution in [0.4, 0.5) is 0 Å². The quantitative estimate of drug-likeness (QED) is 0.636. The van der Waals surface area contributed by atoms with Crippen LogP contribution in [-0.4, -0.2) is 56.8 Å². The van der Waals surface area contributed by atoms with Gasteiger partial charge in [-0.15, -0.1) is 0 Å². The first kappa shape index (κ1) is 20.2. The Bertz CT molecular complexity index is 647. The number of benzene rings is 1. The van der Waals surface area contributed by atoms with Crippen LogP contribution in [0.15, 0.2) is 29.2 Å². The summed E-state index contributed by atoms with van der Waals surface area (Å²) in [6.07, 6.45) is 0.634. The summed E-state index contributed by atoms with van der Waals surface area (Å²) in [7, 11) is -3.23. The molecule has 25 heavy (non-hydrogen) atoms. The highest BCUT2D eigenvalue weighted by Gasteiger charge is 2.44. The summed E-state index contributed by atoms with van der Waals surface area (Å²) in [5.41, 5.74) is -0.344. The van der Waals surface area contributed by atoms with E-state index in [1.807, 2.05) is 0 Å². The van der Waals surface area contributed by atoms with Gasteiger partial charge in [0.2, 0.25) is 0 Å². The molecule has 1 saturated carbocycles. The van der Waals surface area contributed by atoms with Crippen LogP contribution >= 0.6 is 0 Å². The van der Waals surface area contributed by atoms with Crippen molar-refractivity contribution in [1.82, 2.24) is 5.32 Å². The van der Waals surface area contributed by atoms with Crippen LogP contribution in [0.2, 0.25) is 0 Å². The number of nitrogens with one attached hydrogen (secondary N) is 1. The minimum atomic E-state index is -3.23. The van der Waals surface area contributed by atoms with E-state index in [1.165, 1.54) is 18.4 Å². The van der Waals surface area contributed by atoms with Crippen molar-refractivity contribution in [2.75, 3.05) is 26.0 Å². The first-order valence-electron chi connectivity index (χ1n) is 8.61. The van der Waals surface area contributed by atoms with Crippen molar-refractivity contribution in [1.29, 1.82) is 0 Å². The molecule has 0 saturated heterocycles. The maximum atomic E-state index is 11.5. The van der Waals surface area contributed by atoms with E-state index < -0.39 is 22.0 Å². The summed E-state index contributed by atoms with van der Waals surface area (Å²) < 4.78 is 28.9. The van der Waals surface area contributed by atoms with Crippen LogP contribution < -0.4 is 10.1 Å². The number of aliphatic hydroxyl groups excluding tert-OH is 2. The van der Waals surface area contributed by atoms with Gasteiger partial charge in [0.1, 0.15) is 5.75 Å². The van der Waals surface area contributed by atoms with Gasteiger partial charge in [-0.2, -0.15) is 0 Å². The number of rotatable bonds is 8. The van der Waals surface area contributed by atoms with Crippen molar-refractivity contribution in [2.24, 2.45) is 11.3 Å². The van der Waals surface area contributed by atoms with Crippen molar-refractivity contribution >= 4 is 9.84 Å². The van der Waals surface area contributed by atoms with Gasteiger partial charge < -0.3 is 20.3 Å². The molecule has 0 bridgehead atoms. The van der Waals surface area contributed by atoms with Gasteiger partial charge in [0.25, 0.3) is 0 Å². The van der Waals surface area contributed by atoms with Gasteiger partial charge >= 0.3 is 0 Å². The van der Waals surface area contributed by atoms with Gasteiger partial charge in [-0.3, -0.25) is 0 Å². The molecule has 2 unspecified atom stereocenters. The zero-order valence-electron chi connectivity index (χ0n) is 15.1. The molecule has 2 rings (SSSR count). The van der Waals surface area contributed by atoms with Crippen LogP contribution in [0, 0.1) is 11.3 Å². The standard InChI is InChI=1S/C18H29NO5S/c1-13(2)10-19-11-18(8-16(20)17(21)9-18)12-24-14-4-6-15(7-5-14)25(3,22)23/h4-7,13,16-17,19-21H,8-12H2,1-3H3. The fourth-order valence-electron chi connectivity index (χ4n) is 3.20. The molecule has 0 spiro atoms. The third kappa shape index (κ3) is 5.67. The molecule has 0 aromatic heterocycles. The largest absolute Gasteiger partial charge is 0.493 e. The van der Waals surface area contributed by atoms with Crippen LogP contribution in [-0.2, 0) is 9.84 Å². The Balaban J connectivity index is 2.02. The molecule has 7 heteroatoms. The van der Waals surface area contributed by atoms with E-state index in [1.54, 1.807) is 12.1 Å². The Morgan fingerprint density at radius 2 is 1.76 bits per heavy atom. The second-order valence-electron chi connectivity index (χ2n) is 7.60. The second kappa shape index (κ2) is 8.03. The summed E-state index contributed by atoms with van der Waals surface area (Å²) in [5, 5.41) is 23.3. The normalized spacial score (nSPS) is 27.0. The first-order valence-corrected chi connectivity index (χ1v) is 10.5. The Morgan fingerprint density at radius 1 is 1.20 bits per heavy atom. The summed E-state index contributed by atoms with van der Waals surface area (Å²) in [4.78, 5) is 0.250. The van der Waals surface area contributed by atoms with Crippen molar-refractivity contribution in [2.45, 2.75) is 43.8 Å². The molecule has 1 aliphatic rings. The maximum Gasteiger partial charge on any atom is 0.175 e. The Morgan fingerprint density at radius 3 is 2.24 bits per heavy atom. The topological polar surface area (TPSA) is 95.9 Å². The van der Waals surface area contributed by atoms with E-state index >= 15 is 0 Å². The van der Waals surface area contributed by atoms with Crippen molar-refractivity contribution in [3.63, 3.8) is 0 Å². The maximum absolute atomic E-state index is 11.5. The minimum absolute atomic E-state index is 0.250. The lowest BCUT2D eigenvalue weighted by molar-refractivity contribution is 0.0438. The summed E-state index contributed by atoms with van der Waals surface area (Å²) in [6, 6.07) is 6.31. The van der Waals surface area contributed by atoms with Crippen molar-refractivity contribution in [3.8, 4) is 5.75 Å². The van der Waals surface area contributed by atoms with Crippen molar-refractivity contribution < 1.29 is 23.4 Å². The molecule has 1 aromatic carbocycles. The van der Waals surface area contributed by atoms with E-state index in [0.29, 0.717) is 37.7 Å². The van der Waals surface area contributed by atoms with E-state index in [9.17, 15) is 18.6 Å². The van der Waals surface area contributed by atoms with Gasteiger partial charge in [0.15, 0.2) is 9.84 Å². The van der Waals surface area contributed by atoms with Gasteiger partial charge in [-0.1, -0.05) is 13.8 Å². The van der Waals surface area contributed by atoms with Gasteiger partial charge in [-0.25, -0.2) is 8.42 Å². The van der Waals surface area contributed by atoms with E-state index in [-0.39, 0.29) is 10.3 Å². The summed E-state index contributed by atoms with van der Waals surface area (Å²) in [5.74, 6) is 1.09. The van der Waals surface area contributed by atoms with Gasteiger partial charge in [0, 0.05) is 18.2 Å². The fraction of sp³-hybridized carbons (Fsp3) is 0.667. The number of aliphatic hydroxyl groups is 2. The average molecular weight is 371 g/mol. The number of hydrogen-bond acceptors (Lipinski definition) is 6. The molecule has 0 aliphatic heterocycles. The van der Waals surface area contributed by atoms with E-state index in [0.717, 1.165) is 6.54 Å². The predicted molar refractivity (Wildman–Crippen MR) is 96.4 cm³/mol.